The lowest BCUT2D eigenvalue weighted by Gasteiger charge is -2.09. The number of hydrogen-bond donors (Lipinski definition) is 1. The van der Waals surface area contributed by atoms with Crippen molar-refractivity contribution < 1.29 is 4.79 Å². The summed E-state index contributed by atoms with van der Waals surface area (Å²) in [4.78, 5) is 18.5. The highest BCUT2D eigenvalue weighted by atomic mass is 16.1. The molecule has 1 aromatic carbocycles. The van der Waals surface area contributed by atoms with Gasteiger partial charge in [0.1, 0.15) is 0 Å². The fraction of sp³-hybridized carbons (Fsp3) is 0.333. The number of carbonyl (C=O) groups is 1. The van der Waals surface area contributed by atoms with Gasteiger partial charge in [0.25, 0.3) is 5.91 Å². The van der Waals surface area contributed by atoms with Crippen molar-refractivity contribution in [1.82, 2.24) is 24.5 Å². The Hall–Kier alpha value is -3.48. The third-order valence-corrected chi connectivity index (χ3v) is 6.10. The van der Waals surface area contributed by atoms with Crippen LogP contribution in [0.2, 0.25) is 0 Å². The molecule has 3 heterocycles. The molecular formula is C24H24N6O. The monoisotopic (exact) mass is 412 g/mol. The number of nitrogens with one attached hydrogen (secondary N) is 1. The molecule has 31 heavy (non-hydrogen) atoms. The zero-order chi connectivity index (χ0) is 20.9. The summed E-state index contributed by atoms with van der Waals surface area (Å²) in [6.45, 7) is 2.78. The molecule has 0 aliphatic heterocycles. The number of fused-ring (bicyclic) bond motifs is 1. The molecule has 0 unspecified atom stereocenters. The summed E-state index contributed by atoms with van der Waals surface area (Å²) < 4.78 is 3.72. The Morgan fingerprint density at radius 2 is 1.90 bits per heavy atom. The van der Waals surface area contributed by atoms with Crippen LogP contribution in [0, 0.1) is 0 Å². The number of aromatic nitrogens is 5. The Bertz CT molecular complexity index is 1280. The van der Waals surface area contributed by atoms with Gasteiger partial charge in [-0.25, -0.2) is 9.67 Å². The molecule has 0 atom stereocenters. The highest BCUT2D eigenvalue weighted by molar-refractivity contribution is 6.13. The minimum absolute atomic E-state index is 0.125. The van der Waals surface area contributed by atoms with E-state index < -0.39 is 0 Å². The highest BCUT2D eigenvalue weighted by Gasteiger charge is 2.34. The van der Waals surface area contributed by atoms with E-state index in [0.29, 0.717) is 23.1 Å². The SMILES string of the molecule is CCn1cc(NC(=O)c2cc(C3CC3)nc3c2c(C2CC2)nn3-c2ccccc2)cn1. The van der Waals surface area contributed by atoms with E-state index in [-0.39, 0.29) is 5.91 Å². The number of carbonyl (C=O) groups excluding carboxylic acids is 1. The summed E-state index contributed by atoms with van der Waals surface area (Å²) in [5.41, 5.74) is 5.10. The van der Waals surface area contributed by atoms with Gasteiger partial charge in [0, 0.05) is 30.3 Å². The first-order valence-corrected chi connectivity index (χ1v) is 11.0. The molecule has 1 N–H and O–H groups in total. The zero-order valence-corrected chi connectivity index (χ0v) is 17.5. The van der Waals surface area contributed by atoms with Gasteiger partial charge in [0.15, 0.2) is 5.65 Å². The average molecular weight is 412 g/mol. The summed E-state index contributed by atoms with van der Waals surface area (Å²) >= 11 is 0. The summed E-state index contributed by atoms with van der Waals surface area (Å²) in [5.74, 6) is 0.706. The molecule has 3 aromatic heterocycles. The molecule has 0 spiro atoms. The third kappa shape index (κ3) is 3.30. The molecule has 2 aliphatic carbocycles. The lowest BCUT2D eigenvalue weighted by molar-refractivity contribution is 0.102. The van der Waals surface area contributed by atoms with E-state index in [0.717, 1.165) is 60.3 Å². The van der Waals surface area contributed by atoms with Crippen LogP contribution in [0.25, 0.3) is 16.7 Å². The van der Waals surface area contributed by atoms with Gasteiger partial charge in [-0.15, -0.1) is 0 Å². The maximum atomic E-state index is 13.4. The van der Waals surface area contributed by atoms with Crippen LogP contribution in [0.5, 0.6) is 0 Å². The van der Waals surface area contributed by atoms with Gasteiger partial charge in [0.05, 0.1) is 34.2 Å². The molecule has 0 radical (unpaired) electrons. The van der Waals surface area contributed by atoms with Crippen LogP contribution in [-0.4, -0.2) is 30.5 Å². The van der Waals surface area contributed by atoms with Crippen molar-refractivity contribution in [3.05, 3.63) is 65.7 Å². The van der Waals surface area contributed by atoms with Gasteiger partial charge in [-0.1, -0.05) is 18.2 Å². The predicted molar refractivity (Wildman–Crippen MR) is 119 cm³/mol. The maximum Gasteiger partial charge on any atom is 0.256 e. The average Bonchev–Trinajstić information content (AvgIpc) is 3.74. The van der Waals surface area contributed by atoms with Gasteiger partial charge in [0.2, 0.25) is 0 Å². The topological polar surface area (TPSA) is 77.6 Å². The Morgan fingerprint density at radius 3 is 2.58 bits per heavy atom. The number of amides is 1. The first kappa shape index (κ1) is 18.3. The Morgan fingerprint density at radius 1 is 1.13 bits per heavy atom. The summed E-state index contributed by atoms with van der Waals surface area (Å²) in [6.07, 6.45) is 8.00. The standard InChI is InChI=1S/C24H24N6O/c1-2-29-14-17(13-25-29)26-24(31)19-12-20(15-8-9-15)27-23-21(19)22(16-10-11-16)28-30(23)18-6-4-3-5-7-18/h3-7,12-16H,2,8-11H2,1H3,(H,26,31). The summed E-state index contributed by atoms with van der Waals surface area (Å²) in [6, 6.07) is 12.1. The smallest absolute Gasteiger partial charge is 0.256 e. The number of hydrogen-bond acceptors (Lipinski definition) is 4. The number of benzene rings is 1. The van der Waals surface area contributed by atoms with Crippen LogP contribution in [0.3, 0.4) is 0 Å². The minimum atomic E-state index is -0.125. The van der Waals surface area contributed by atoms with E-state index in [2.05, 4.69) is 10.4 Å². The molecule has 156 valence electrons. The molecule has 0 bridgehead atoms. The highest BCUT2D eigenvalue weighted by Crippen LogP contribution is 2.45. The van der Waals surface area contributed by atoms with Gasteiger partial charge < -0.3 is 5.32 Å². The van der Waals surface area contributed by atoms with Crippen molar-refractivity contribution in [2.75, 3.05) is 5.32 Å². The number of pyridine rings is 1. The number of para-hydroxylation sites is 1. The molecule has 2 saturated carbocycles. The second-order valence-electron chi connectivity index (χ2n) is 8.51. The second-order valence-corrected chi connectivity index (χ2v) is 8.51. The van der Waals surface area contributed by atoms with Crippen molar-refractivity contribution in [2.45, 2.75) is 51.0 Å². The van der Waals surface area contributed by atoms with Crippen LogP contribution >= 0.6 is 0 Å². The Kier molecular flexibility index (Phi) is 4.16. The first-order chi connectivity index (χ1) is 15.2. The zero-order valence-electron chi connectivity index (χ0n) is 17.5. The molecule has 7 nitrogen and oxygen atoms in total. The maximum absolute atomic E-state index is 13.4. The van der Waals surface area contributed by atoms with Crippen molar-refractivity contribution in [2.24, 2.45) is 0 Å². The summed E-state index contributed by atoms with van der Waals surface area (Å²) in [7, 11) is 0. The van der Waals surface area contributed by atoms with E-state index in [1.54, 1.807) is 10.9 Å². The van der Waals surface area contributed by atoms with Crippen LogP contribution < -0.4 is 5.32 Å². The van der Waals surface area contributed by atoms with Crippen molar-refractivity contribution >= 4 is 22.6 Å². The van der Waals surface area contributed by atoms with Crippen molar-refractivity contribution in [3.63, 3.8) is 0 Å². The number of aryl methyl sites for hydroxylation is 1. The second kappa shape index (κ2) is 7.04. The normalized spacial score (nSPS) is 16.0. The first-order valence-electron chi connectivity index (χ1n) is 11.0. The van der Waals surface area contributed by atoms with Crippen molar-refractivity contribution in [3.8, 4) is 5.69 Å². The molecular weight excluding hydrogens is 388 g/mol. The molecule has 7 heteroatoms. The largest absolute Gasteiger partial charge is 0.319 e. The summed E-state index contributed by atoms with van der Waals surface area (Å²) in [5, 5.41) is 13.2. The lowest BCUT2D eigenvalue weighted by atomic mass is 10.0. The van der Waals surface area contributed by atoms with Gasteiger partial charge in [-0.2, -0.15) is 10.2 Å². The molecule has 1 amide bonds. The fourth-order valence-electron chi connectivity index (χ4n) is 4.12. The van der Waals surface area contributed by atoms with Gasteiger partial charge >= 0.3 is 0 Å². The molecule has 4 aromatic rings. The number of rotatable bonds is 6. The number of nitrogens with zero attached hydrogens (tertiary/aromatic N) is 5. The number of anilines is 1. The van der Waals surface area contributed by atoms with Crippen LogP contribution in [0.1, 0.15) is 66.2 Å². The lowest BCUT2D eigenvalue weighted by Crippen LogP contribution is -2.13. The Labute approximate surface area is 180 Å². The van der Waals surface area contributed by atoms with E-state index in [1.807, 2.05) is 54.2 Å². The fourth-order valence-corrected chi connectivity index (χ4v) is 4.12. The molecule has 0 saturated heterocycles. The van der Waals surface area contributed by atoms with Gasteiger partial charge in [-0.3, -0.25) is 9.48 Å². The van der Waals surface area contributed by atoms with Crippen LogP contribution in [-0.2, 0) is 6.54 Å². The Balaban J connectivity index is 1.52. The molecule has 6 rings (SSSR count). The van der Waals surface area contributed by atoms with Crippen molar-refractivity contribution in [1.29, 1.82) is 0 Å². The minimum Gasteiger partial charge on any atom is -0.319 e. The van der Waals surface area contributed by atoms with E-state index in [9.17, 15) is 4.79 Å². The van der Waals surface area contributed by atoms with E-state index in [1.165, 1.54) is 0 Å². The molecule has 2 fully saturated rings. The van der Waals surface area contributed by atoms with E-state index >= 15 is 0 Å². The quantitative estimate of drug-likeness (QED) is 0.500. The molecule has 2 aliphatic rings. The van der Waals surface area contributed by atoms with Gasteiger partial charge in [-0.05, 0) is 50.8 Å². The predicted octanol–water partition coefficient (Wildman–Crippen LogP) is 4.64. The van der Waals surface area contributed by atoms with Crippen LogP contribution in [0.4, 0.5) is 5.69 Å². The van der Waals surface area contributed by atoms with E-state index in [4.69, 9.17) is 10.1 Å². The third-order valence-electron chi connectivity index (χ3n) is 6.10. The van der Waals surface area contributed by atoms with Crippen LogP contribution in [0.15, 0.2) is 48.8 Å².